The molecular formula is C9H8F2S. The van der Waals surface area contributed by atoms with Crippen LogP contribution in [0.25, 0.3) is 0 Å². The second-order valence-corrected chi connectivity index (χ2v) is 3.92. The van der Waals surface area contributed by atoms with Crippen molar-refractivity contribution >= 4 is 11.8 Å². The summed E-state index contributed by atoms with van der Waals surface area (Å²) in [5, 5.41) is 0. The van der Waals surface area contributed by atoms with Gasteiger partial charge >= 0.3 is 0 Å². The van der Waals surface area contributed by atoms with Crippen molar-refractivity contribution in [1.29, 1.82) is 0 Å². The number of alkyl halides is 1. The maximum atomic E-state index is 13.2. The first-order valence-corrected chi connectivity index (χ1v) is 4.82. The fraction of sp³-hybridized carbons (Fsp3) is 0.333. The van der Waals surface area contributed by atoms with Crippen molar-refractivity contribution in [1.82, 2.24) is 0 Å². The van der Waals surface area contributed by atoms with E-state index < -0.39 is 6.17 Å². The third-order valence-electron chi connectivity index (χ3n) is 1.94. The molecule has 1 atom stereocenters. The van der Waals surface area contributed by atoms with Gasteiger partial charge in [0.05, 0.1) is 0 Å². The highest BCUT2D eigenvalue weighted by atomic mass is 32.2. The van der Waals surface area contributed by atoms with Crippen LogP contribution in [0.1, 0.15) is 18.2 Å². The lowest BCUT2D eigenvalue weighted by atomic mass is 10.1. The van der Waals surface area contributed by atoms with Gasteiger partial charge in [-0.2, -0.15) is 0 Å². The largest absolute Gasteiger partial charge is 0.242 e. The predicted octanol–water partition coefficient (Wildman–Crippen LogP) is 3.33. The summed E-state index contributed by atoms with van der Waals surface area (Å²) in [4.78, 5) is 0.884. The molecule has 1 aliphatic rings. The Morgan fingerprint density at radius 1 is 1.42 bits per heavy atom. The zero-order valence-electron chi connectivity index (χ0n) is 6.39. The Labute approximate surface area is 74.0 Å². The Kier molecular flexibility index (Phi) is 2.05. The van der Waals surface area contributed by atoms with Crippen molar-refractivity contribution in [3.8, 4) is 0 Å². The third kappa shape index (κ3) is 1.33. The number of thioether (sulfide) groups is 1. The fourth-order valence-corrected chi connectivity index (χ4v) is 2.39. The van der Waals surface area contributed by atoms with E-state index in [1.807, 2.05) is 0 Å². The molecule has 1 aromatic rings. The number of rotatable bonds is 0. The molecule has 0 spiro atoms. The molecule has 1 unspecified atom stereocenters. The van der Waals surface area contributed by atoms with Crippen LogP contribution in [-0.2, 0) is 0 Å². The average Bonchev–Trinajstić information content (AvgIpc) is 2.07. The van der Waals surface area contributed by atoms with Gasteiger partial charge in [-0.3, -0.25) is 0 Å². The molecule has 64 valence electrons. The average molecular weight is 186 g/mol. The summed E-state index contributed by atoms with van der Waals surface area (Å²) in [6.07, 6.45) is -0.474. The van der Waals surface area contributed by atoms with E-state index in [9.17, 15) is 8.78 Å². The van der Waals surface area contributed by atoms with E-state index in [4.69, 9.17) is 0 Å². The van der Waals surface area contributed by atoms with Gasteiger partial charge in [-0.15, -0.1) is 11.8 Å². The lowest BCUT2D eigenvalue weighted by molar-refractivity contribution is 0.327. The molecule has 1 heterocycles. The van der Waals surface area contributed by atoms with Gasteiger partial charge in [0.15, 0.2) is 0 Å². The second-order valence-electron chi connectivity index (χ2n) is 2.79. The summed E-state index contributed by atoms with van der Waals surface area (Å²) in [6, 6.07) is 4.33. The first-order chi connectivity index (χ1) is 5.77. The topological polar surface area (TPSA) is 0 Å². The Morgan fingerprint density at radius 2 is 2.25 bits per heavy atom. The minimum Gasteiger partial charge on any atom is -0.242 e. The van der Waals surface area contributed by atoms with Crippen LogP contribution >= 0.6 is 11.8 Å². The third-order valence-corrected chi connectivity index (χ3v) is 3.06. The Morgan fingerprint density at radius 3 is 3.08 bits per heavy atom. The molecule has 0 nitrogen and oxygen atoms in total. The molecule has 0 saturated carbocycles. The molecule has 2 rings (SSSR count). The highest BCUT2D eigenvalue weighted by Crippen LogP contribution is 2.38. The van der Waals surface area contributed by atoms with Gasteiger partial charge in [0.1, 0.15) is 12.0 Å². The summed E-state index contributed by atoms with van der Waals surface area (Å²) >= 11 is 1.59. The van der Waals surface area contributed by atoms with Crippen molar-refractivity contribution in [3.63, 3.8) is 0 Å². The van der Waals surface area contributed by atoms with Crippen LogP contribution in [0.15, 0.2) is 23.1 Å². The normalized spacial score (nSPS) is 22.0. The van der Waals surface area contributed by atoms with E-state index in [1.54, 1.807) is 17.8 Å². The predicted molar refractivity (Wildman–Crippen MR) is 45.6 cm³/mol. The first-order valence-electron chi connectivity index (χ1n) is 3.83. The van der Waals surface area contributed by atoms with E-state index in [0.29, 0.717) is 12.0 Å². The molecule has 0 radical (unpaired) electrons. The summed E-state index contributed by atoms with van der Waals surface area (Å²) in [5.41, 5.74) is 0.520. The number of hydrogen-bond donors (Lipinski definition) is 0. The molecule has 0 aromatic heterocycles. The number of hydrogen-bond acceptors (Lipinski definition) is 1. The van der Waals surface area contributed by atoms with Gasteiger partial charge in [-0.25, -0.2) is 8.78 Å². The van der Waals surface area contributed by atoms with Gasteiger partial charge < -0.3 is 0 Å². The van der Waals surface area contributed by atoms with Gasteiger partial charge in [-0.05, 0) is 24.6 Å². The molecule has 0 saturated heterocycles. The minimum absolute atomic E-state index is 0.348. The van der Waals surface area contributed by atoms with E-state index in [2.05, 4.69) is 0 Å². The van der Waals surface area contributed by atoms with Crippen molar-refractivity contribution in [2.24, 2.45) is 0 Å². The number of fused-ring (bicyclic) bond motifs is 1. The summed E-state index contributed by atoms with van der Waals surface area (Å²) in [7, 11) is 0. The molecule has 12 heavy (non-hydrogen) atoms. The smallest absolute Gasteiger partial charge is 0.127 e. The van der Waals surface area contributed by atoms with Crippen LogP contribution in [0.5, 0.6) is 0 Å². The molecule has 1 aromatic carbocycles. The van der Waals surface area contributed by atoms with E-state index in [1.165, 1.54) is 12.1 Å². The van der Waals surface area contributed by atoms with Crippen molar-refractivity contribution in [3.05, 3.63) is 29.6 Å². The summed E-state index contributed by atoms with van der Waals surface area (Å²) < 4.78 is 25.9. The number of halogens is 2. The highest BCUT2D eigenvalue weighted by Gasteiger charge is 2.19. The van der Waals surface area contributed by atoms with Crippen LogP contribution in [0.2, 0.25) is 0 Å². The van der Waals surface area contributed by atoms with Crippen molar-refractivity contribution < 1.29 is 8.78 Å². The zero-order valence-corrected chi connectivity index (χ0v) is 7.20. The van der Waals surface area contributed by atoms with E-state index >= 15 is 0 Å². The zero-order chi connectivity index (χ0) is 8.55. The van der Waals surface area contributed by atoms with Gasteiger partial charge in [0, 0.05) is 16.2 Å². The van der Waals surface area contributed by atoms with Gasteiger partial charge in [0.2, 0.25) is 0 Å². The molecule has 1 aliphatic heterocycles. The molecular weight excluding hydrogens is 178 g/mol. The van der Waals surface area contributed by atoms with Crippen LogP contribution in [0.3, 0.4) is 0 Å². The first kappa shape index (κ1) is 8.05. The van der Waals surface area contributed by atoms with E-state index in [-0.39, 0.29) is 5.82 Å². The van der Waals surface area contributed by atoms with Crippen LogP contribution in [0, 0.1) is 5.82 Å². The van der Waals surface area contributed by atoms with Crippen LogP contribution < -0.4 is 0 Å². The number of benzene rings is 1. The molecule has 3 heteroatoms. The Bertz CT molecular complexity index is 299. The molecule has 0 fully saturated rings. The molecule has 0 bridgehead atoms. The Hall–Kier alpha value is -0.570. The van der Waals surface area contributed by atoms with Crippen molar-refractivity contribution in [2.45, 2.75) is 17.5 Å². The Balaban J connectivity index is 2.47. The second kappa shape index (κ2) is 3.05. The minimum atomic E-state index is -0.975. The van der Waals surface area contributed by atoms with Crippen molar-refractivity contribution in [2.75, 3.05) is 5.75 Å². The highest BCUT2D eigenvalue weighted by molar-refractivity contribution is 7.99. The maximum absolute atomic E-state index is 13.2. The van der Waals surface area contributed by atoms with Crippen LogP contribution in [-0.4, -0.2) is 5.75 Å². The van der Waals surface area contributed by atoms with Crippen LogP contribution in [0.4, 0.5) is 8.78 Å². The van der Waals surface area contributed by atoms with E-state index in [0.717, 1.165) is 10.6 Å². The lowest BCUT2D eigenvalue weighted by Crippen LogP contribution is -2.02. The standard InChI is InChI=1S/C9H8F2S/c10-6-1-2-9-7(5-6)8(11)3-4-12-9/h1-2,5,8H,3-4H2. The maximum Gasteiger partial charge on any atom is 0.127 e. The summed E-state index contributed by atoms with van der Waals surface area (Å²) in [6.45, 7) is 0. The molecule has 0 amide bonds. The lowest BCUT2D eigenvalue weighted by Gasteiger charge is -2.18. The molecule has 0 N–H and O–H groups in total. The fourth-order valence-electron chi connectivity index (χ4n) is 1.32. The molecule has 0 aliphatic carbocycles. The quantitative estimate of drug-likeness (QED) is 0.598. The van der Waals surface area contributed by atoms with Gasteiger partial charge in [-0.1, -0.05) is 0 Å². The SMILES string of the molecule is Fc1ccc2c(c1)C(F)CCS2. The van der Waals surface area contributed by atoms with Gasteiger partial charge in [0.25, 0.3) is 0 Å². The monoisotopic (exact) mass is 186 g/mol. The summed E-state index contributed by atoms with van der Waals surface area (Å²) in [5.74, 6) is 0.443.